The molecule has 0 aliphatic heterocycles. The summed E-state index contributed by atoms with van der Waals surface area (Å²) in [6, 6.07) is 19.3. The summed E-state index contributed by atoms with van der Waals surface area (Å²) in [6.45, 7) is 0.417. The molecule has 0 radical (unpaired) electrons. The third kappa shape index (κ3) is 3.07. The van der Waals surface area contributed by atoms with E-state index in [1.807, 2.05) is 54.7 Å². The largest absolute Gasteiger partial charge is 0.419 e. The topological polar surface area (TPSA) is 56.7 Å². The van der Waals surface area contributed by atoms with E-state index in [0.717, 1.165) is 16.8 Å². The van der Waals surface area contributed by atoms with Crippen molar-refractivity contribution in [2.75, 3.05) is 0 Å². The normalized spacial score (nSPS) is 10.9. The highest BCUT2D eigenvalue weighted by Crippen LogP contribution is 2.22. The molecule has 0 aliphatic rings. The van der Waals surface area contributed by atoms with E-state index in [4.69, 9.17) is 16.0 Å². The predicted molar refractivity (Wildman–Crippen MR) is 91.5 cm³/mol. The summed E-state index contributed by atoms with van der Waals surface area (Å²) < 4.78 is 7.48. The van der Waals surface area contributed by atoms with E-state index in [1.165, 1.54) is 0 Å². The highest BCUT2D eigenvalue weighted by Gasteiger charge is 2.10. The van der Waals surface area contributed by atoms with Gasteiger partial charge in [-0.15, -0.1) is 10.2 Å². The zero-order chi connectivity index (χ0) is 16.4. The van der Waals surface area contributed by atoms with Crippen molar-refractivity contribution in [3.05, 3.63) is 77.8 Å². The fourth-order valence-corrected chi connectivity index (χ4v) is 2.60. The lowest BCUT2D eigenvalue weighted by Gasteiger charge is -1.98. The number of hydrogen-bond donors (Lipinski definition) is 0. The number of nitrogens with zero attached hydrogens (tertiary/aromatic N) is 4. The van der Waals surface area contributed by atoms with Crippen LogP contribution in [-0.2, 0) is 6.54 Å². The van der Waals surface area contributed by atoms with E-state index >= 15 is 0 Å². The summed E-state index contributed by atoms with van der Waals surface area (Å²) in [5, 5.41) is 13.3. The van der Waals surface area contributed by atoms with Crippen molar-refractivity contribution in [3.8, 4) is 22.7 Å². The fraction of sp³-hybridized carbons (Fsp3) is 0.0556. The van der Waals surface area contributed by atoms with Gasteiger partial charge in [0.1, 0.15) is 6.54 Å². The van der Waals surface area contributed by atoms with Gasteiger partial charge in [-0.1, -0.05) is 48.0 Å². The number of hydrogen-bond acceptors (Lipinski definition) is 4. The summed E-state index contributed by atoms with van der Waals surface area (Å²) >= 11 is 5.99. The molecule has 5 nitrogen and oxygen atoms in total. The number of benzene rings is 2. The summed E-state index contributed by atoms with van der Waals surface area (Å²) in [4.78, 5) is 0. The molecule has 0 aliphatic carbocycles. The Balaban J connectivity index is 1.54. The fourth-order valence-electron chi connectivity index (χ4n) is 2.41. The molecule has 118 valence electrons. The van der Waals surface area contributed by atoms with Gasteiger partial charge in [0.25, 0.3) is 0 Å². The molecule has 2 aromatic heterocycles. The second kappa shape index (κ2) is 6.29. The first-order valence-corrected chi connectivity index (χ1v) is 7.83. The summed E-state index contributed by atoms with van der Waals surface area (Å²) in [5.74, 6) is 0.940. The molecular formula is C18H13ClN4O. The van der Waals surface area contributed by atoms with E-state index in [2.05, 4.69) is 15.3 Å². The summed E-state index contributed by atoms with van der Waals surface area (Å²) in [7, 11) is 0. The molecule has 2 heterocycles. The molecule has 0 bridgehead atoms. The van der Waals surface area contributed by atoms with Crippen LogP contribution in [0.15, 0.2) is 71.3 Å². The van der Waals surface area contributed by atoms with Gasteiger partial charge in [-0.3, -0.25) is 4.68 Å². The van der Waals surface area contributed by atoms with Crippen molar-refractivity contribution >= 4 is 11.6 Å². The molecule has 24 heavy (non-hydrogen) atoms. The Bertz CT molecular complexity index is 962. The smallest absolute Gasteiger partial charge is 0.247 e. The third-order valence-electron chi connectivity index (χ3n) is 3.55. The molecule has 2 aromatic carbocycles. The van der Waals surface area contributed by atoms with Crippen LogP contribution in [0.1, 0.15) is 5.89 Å². The lowest BCUT2D eigenvalue weighted by atomic mass is 10.2. The van der Waals surface area contributed by atoms with E-state index in [0.29, 0.717) is 23.3 Å². The SMILES string of the molecule is Clc1cccc(-c2nnc(Cn3ccc(-c4ccccc4)n3)o2)c1. The third-order valence-corrected chi connectivity index (χ3v) is 3.78. The van der Waals surface area contributed by atoms with Gasteiger partial charge in [-0.25, -0.2) is 0 Å². The Morgan fingerprint density at radius 3 is 2.58 bits per heavy atom. The van der Waals surface area contributed by atoms with Crippen LogP contribution < -0.4 is 0 Å². The van der Waals surface area contributed by atoms with Crippen molar-refractivity contribution in [1.82, 2.24) is 20.0 Å². The van der Waals surface area contributed by atoms with Crippen molar-refractivity contribution in [1.29, 1.82) is 0 Å². The van der Waals surface area contributed by atoms with Crippen LogP contribution in [0.5, 0.6) is 0 Å². The lowest BCUT2D eigenvalue weighted by molar-refractivity contribution is 0.474. The molecule has 0 N–H and O–H groups in total. The van der Waals surface area contributed by atoms with Crippen LogP contribution >= 0.6 is 11.6 Å². The molecule has 0 unspecified atom stereocenters. The van der Waals surface area contributed by atoms with Gasteiger partial charge in [-0.2, -0.15) is 5.10 Å². The summed E-state index contributed by atoms with van der Waals surface area (Å²) in [5.41, 5.74) is 2.78. The Morgan fingerprint density at radius 1 is 0.917 bits per heavy atom. The van der Waals surface area contributed by atoms with Gasteiger partial charge in [0.05, 0.1) is 5.69 Å². The Labute approximate surface area is 143 Å². The van der Waals surface area contributed by atoms with Crippen LogP contribution in [0.3, 0.4) is 0 Å². The number of aromatic nitrogens is 4. The number of halogens is 1. The van der Waals surface area contributed by atoms with E-state index in [9.17, 15) is 0 Å². The Morgan fingerprint density at radius 2 is 1.75 bits per heavy atom. The molecule has 6 heteroatoms. The average molecular weight is 337 g/mol. The Kier molecular flexibility index (Phi) is 3.84. The quantitative estimate of drug-likeness (QED) is 0.557. The molecule has 0 fully saturated rings. The molecular weight excluding hydrogens is 324 g/mol. The van der Waals surface area contributed by atoms with E-state index < -0.39 is 0 Å². The second-order valence-electron chi connectivity index (χ2n) is 5.28. The lowest BCUT2D eigenvalue weighted by Crippen LogP contribution is -2.00. The zero-order valence-electron chi connectivity index (χ0n) is 12.6. The average Bonchev–Trinajstić information content (AvgIpc) is 3.26. The maximum absolute atomic E-state index is 5.99. The second-order valence-corrected chi connectivity index (χ2v) is 5.71. The van der Waals surface area contributed by atoms with E-state index in [-0.39, 0.29) is 0 Å². The van der Waals surface area contributed by atoms with Crippen molar-refractivity contribution in [3.63, 3.8) is 0 Å². The van der Waals surface area contributed by atoms with Gasteiger partial charge in [-0.05, 0) is 24.3 Å². The van der Waals surface area contributed by atoms with Crippen molar-refractivity contribution < 1.29 is 4.42 Å². The highest BCUT2D eigenvalue weighted by atomic mass is 35.5. The zero-order valence-corrected chi connectivity index (χ0v) is 13.4. The predicted octanol–water partition coefficient (Wildman–Crippen LogP) is 4.30. The number of rotatable bonds is 4. The maximum atomic E-state index is 5.99. The molecule has 0 spiro atoms. The molecule has 0 amide bonds. The van der Waals surface area contributed by atoms with Gasteiger partial charge in [0.2, 0.25) is 11.8 Å². The Hall–Kier alpha value is -2.92. The first-order chi connectivity index (χ1) is 11.8. The summed E-state index contributed by atoms with van der Waals surface area (Å²) in [6.07, 6.45) is 1.89. The van der Waals surface area contributed by atoms with Crippen LogP contribution in [-0.4, -0.2) is 20.0 Å². The monoisotopic (exact) mass is 336 g/mol. The van der Waals surface area contributed by atoms with Gasteiger partial charge in [0, 0.05) is 22.3 Å². The van der Waals surface area contributed by atoms with E-state index in [1.54, 1.807) is 16.8 Å². The van der Waals surface area contributed by atoms with Crippen LogP contribution in [0, 0.1) is 0 Å². The standard InChI is InChI=1S/C18H13ClN4O/c19-15-8-4-7-14(11-15)18-21-20-17(24-18)12-23-10-9-16(22-23)13-5-2-1-3-6-13/h1-11H,12H2. The minimum Gasteiger partial charge on any atom is -0.419 e. The maximum Gasteiger partial charge on any atom is 0.247 e. The minimum absolute atomic E-state index is 0.417. The first kappa shape index (κ1) is 14.7. The van der Waals surface area contributed by atoms with Crippen molar-refractivity contribution in [2.45, 2.75) is 6.54 Å². The first-order valence-electron chi connectivity index (χ1n) is 7.45. The highest BCUT2D eigenvalue weighted by molar-refractivity contribution is 6.30. The molecule has 4 aromatic rings. The van der Waals surface area contributed by atoms with Crippen LogP contribution in [0.25, 0.3) is 22.7 Å². The van der Waals surface area contributed by atoms with Gasteiger partial charge >= 0.3 is 0 Å². The van der Waals surface area contributed by atoms with Crippen LogP contribution in [0.4, 0.5) is 0 Å². The van der Waals surface area contributed by atoms with Gasteiger partial charge in [0.15, 0.2) is 0 Å². The molecule has 0 atom stereocenters. The van der Waals surface area contributed by atoms with Gasteiger partial charge < -0.3 is 4.42 Å². The molecule has 0 saturated carbocycles. The minimum atomic E-state index is 0.417. The molecule has 0 saturated heterocycles. The van der Waals surface area contributed by atoms with Crippen molar-refractivity contribution in [2.24, 2.45) is 0 Å². The molecule has 4 rings (SSSR count). The van der Waals surface area contributed by atoms with Crippen LogP contribution in [0.2, 0.25) is 5.02 Å².